The predicted octanol–water partition coefficient (Wildman–Crippen LogP) is 2.46. The van der Waals surface area contributed by atoms with Crippen molar-refractivity contribution in [3.8, 4) is 23.8 Å². The first-order valence-corrected chi connectivity index (χ1v) is 8.01. The van der Waals surface area contributed by atoms with Gasteiger partial charge in [0.05, 0.1) is 18.8 Å². The fraction of sp³-hybridized carbons (Fsp3) is 0.300. The van der Waals surface area contributed by atoms with E-state index in [1.807, 2.05) is 48.5 Å². The van der Waals surface area contributed by atoms with Gasteiger partial charge >= 0.3 is 0 Å². The number of aliphatic hydroxyl groups is 1. The summed E-state index contributed by atoms with van der Waals surface area (Å²) in [7, 11) is 0. The van der Waals surface area contributed by atoms with Gasteiger partial charge in [0.1, 0.15) is 18.1 Å². The number of hydrogen-bond donors (Lipinski definition) is 2. The monoisotopic (exact) mass is 323 g/mol. The van der Waals surface area contributed by atoms with Gasteiger partial charge in [0, 0.05) is 18.5 Å². The summed E-state index contributed by atoms with van der Waals surface area (Å²) in [6.45, 7) is 1.52. The van der Waals surface area contributed by atoms with Crippen molar-refractivity contribution in [1.29, 1.82) is 0 Å². The summed E-state index contributed by atoms with van der Waals surface area (Å²) in [6, 6.07) is 15.7. The van der Waals surface area contributed by atoms with E-state index in [4.69, 9.17) is 15.9 Å². The molecule has 0 radical (unpaired) electrons. The number of nitrogens with one attached hydrogen (secondary N) is 1. The van der Waals surface area contributed by atoms with Crippen molar-refractivity contribution in [2.45, 2.75) is 18.5 Å². The maximum absolute atomic E-state index is 10.1. The Morgan fingerprint density at radius 3 is 2.75 bits per heavy atom. The fourth-order valence-electron chi connectivity index (χ4n) is 2.96. The summed E-state index contributed by atoms with van der Waals surface area (Å²) in [5, 5.41) is 13.6. The molecule has 2 aromatic carbocycles. The molecule has 0 saturated heterocycles. The molecule has 0 amide bonds. The maximum Gasteiger partial charge on any atom is 0.148 e. The zero-order valence-electron chi connectivity index (χ0n) is 13.5. The number of para-hydroxylation sites is 1. The maximum atomic E-state index is 10.1. The first kappa shape index (κ1) is 16.4. The molecule has 4 heteroatoms. The Hall–Kier alpha value is -2.48. The molecule has 4 nitrogen and oxygen atoms in total. The highest BCUT2D eigenvalue weighted by Gasteiger charge is 2.36. The zero-order chi connectivity index (χ0) is 16.8. The lowest BCUT2D eigenvalue weighted by Crippen LogP contribution is -2.48. The fourth-order valence-corrected chi connectivity index (χ4v) is 2.96. The number of hydrogen-bond acceptors (Lipinski definition) is 4. The van der Waals surface area contributed by atoms with Crippen LogP contribution in [0, 0.1) is 12.3 Å². The molecular weight excluding hydrogens is 302 g/mol. The molecule has 0 bridgehead atoms. The number of rotatable bonds is 6. The summed E-state index contributed by atoms with van der Waals surface area (Å²) in [5.41, 5.74) is 1.64. The van der Waals surface area contributed by atoms with Crippen LogP contribution in [0.25, 0.3) is 0 Å². The summed E-state index contributed by atoms with van der Waals surface area (Å²) in [4.78, 5) is 0. The van der Waals surface area contributed by atoms with Gasteiger partial charge in [-0.1, -0.05) is 36.3 Å². The summed E-state index contributed by atoms with van der Waals surface area (Å²) in [6.07, 6.45) is 5.91. The highest BCUT2D eigenvalue weighted by atomic mass is 16.5. The lowest BCUT2D eigenvalue weighted by Gasteiger charge is -2.38. The average molecular weight is 323 g/mol. The van der Waals surface area contributed by atoms with E-state index in [0.29, 0.717) is 13.2 Å². The van der Waals surface area contributed by atoms with Gasteiger partial charge < -0.3 is 19.9 Å². The third-order valence-electron chi connectivity index (χ3n) is 4.34. The first-order valence-electron chi connectivity index (χ1n) is 8.01. The van der Waals surface area contributed by atoms with Crippen molar-refractivity contribution in [1.82, 2.24) is 5.32 Å². The van der Waals surface area contributed by atoms with Crippen LogP contribution in [0.2, 0.25) is 0 Å². The van der Waals surface area contributed by atoms with Crippen LogP contribution in [0.1, 0.15) is 17.5 Å². The van der Waals surface area contributed by atoms with Gasteiger partial charge in [-0.25, -0.2) is 0 Å². The Balaban J connectivity index is 1.72. The van der Waals surface area contributed by atoms with Crippen molar-refractivity contribution in [3.63, 3.8) is 0 Å². The Bertz CT molecular complexity index is 720. The number of benzene rings is 2. The van der Waals surface area contributed by atoms with Gasteiger partial charge in [-0.2, -0.15) is 0 Å². The second kappa shape index (κ2) is 7.39. The van der Waals surface area contributed by atoms with Crippen LogP contribution in [0.3, 0.4) is 0 Å². The van der Waals surface area contributed by atoms with Crippen LogP contribution in [0.4, 0.5) is 0 Å². The molecule has 0 aromatic heterocycles. The van der Waals surface area contributed by atoms with Crippen LogP contribution in [0.5, 0.6) is 11.5 Å². The molecule has 24 heavy (non-hydrogen) atoms. The Morgan fingerprint density at radius 1 is 1.21 bits per heavy atom. The molecule has 2 N–H and O–H groups in total. The zero-order valence-corrected chi connectivity index (χ0v) is 13.5. The van der Waals surface area contributed by atoms with Gasteiger partial charge in [0.15, 0.2) is 0 Å². The van der Waals surface area contributed by atoms with Crippen LogP contribution >= 0.6 is 0 Å². The summed E-state index contributed by atoms with van der Waals surface area (Å²) in [5.74, 6) is 4.04. The van der Waals surface area contributed by atoms with Crippen LogP contribution < -0.4 is 14.8 Å². The van der Waals surface area contributed by atoms with E-state index >= 15 is 0 Å². The van der Waals surface area contributed by atoms with Crippen molar-refractivity contribution in [2.24, 2.45) is 0 Å². The van der Waals surface area contributed by atoms with Crippen LogP contribution in [0.15, 0.2) is 48.5 Å². The quantitative estimate of drug-likeness (QED) is 0.802. The van der Waals surface area contributed by atoms with Crippen molar-refractivity contribution in [3.05, 3.63) is 59.7 Å². The topological polar surface area (TPSA) is 50.7 Å². The standard InChI is InChI=1S/C20H21NO3/c1-2-12-23-17-9-7-16(8-10-17)14-21-20(15-22)11-13-24-19-6-4-3-5-18(19)20/h1,3-10,21-22H,11-15H2/t20-/m1/s1. The van der Waals surface area contributed by atoms with Gasteiger partial charge in [0.25, 0.3) is 0 Å². The second-order valence-corrected chi connectivity index (χ2v) is 5.83. The third-order valence-corrected chi connectivity index (χ3v) is 4.34. The lowest BCUT2D eigenvalue weighted by molar-refractivity contribution is 0.106. The van der Waals surface area contributed by atoms with Crippen molar-refractivity contribution >= 4 is 0 Å². The van der Waals surface area contributed by atoms with Gasteiger partial charge in [-0.05, 0) is 23.8 Å². The number of fused-ring (bicyclic) bond motifs is 1. The smallest absolute Gasteiger partial charge is 0.148 e. The molecule has 1 atom stereocenters. The molecule has 0 fully saturated rings. The molecule has 0 aliphatic carbocycles. The molecule has 1 aliphatic heterocycles. The minimum absolute atomic E-state index is 0.0245. The number of ether oxygens (including phenoxy) is 2. The van der Waals surface area contributed by atoms with E-state index < -0.39 is 5.54 Å². The van der Waals surface area contributed by atoms with Gasteiger partial charge in [-0.3, -0.25) is 0 Å². The predicted molar refractivity (Wildman–Crippen MR) is 92.9 cm³/mol. The Labute approximate surface area is 142 Å². The molecule has 0 spiro atoms. The normalized spacial score (nSPS) is 19.0. The number of aliphatic hydroxyl groups excluding tert-OH is 1. The van der Waals surface area contributed by atoms with E-state index in [2.05, 4.69) is 11.2 Å². The summed E-state index contributed by atoms with van der Waals surface area (Å²) >= 11 is 0. The van der Waals surface area contributed by atoms with E-state index in [1.54, 1.807) is 0 Å². The highest BCUT2D eigenvalue weighted by molar-refractivity contribution is 5.41. The Morgan fingerprint density at radius 2 is 2.00 bits per heavy atom. The molecule has 124 valence electrons. The first-order chi connectivity index (χ1) is 11.8. The molecular formula is C20H21NO3. The largest absolute Gasteiger partial charge is 0.493 e. The second-order valence-electron chi connectivity index (χ2n) is 5.83. The minimum Gasteiger partial charge on any atom is -0.493 e. The molecule has 1 aliphatic rings. The van der Waals surface area contributed by atoms with Crippen molar-refractivity contribution in [2.75, 3.05) is 19.8 Å². The average Bonchev–Trinajstić information content (AvgIpc) is 2.65. The minimum atomic E-state index is -0.479. The summed E-state index contributed by atoms with van der Waals surface area (Å²) < 4.78 is 11.1. The van der Waals surface area contributed by atoms with Crippen LogP contribution in [-0.2, 0) is 12.1 Å². The number of terminal acetylenes is 1. The van der Waals surface area contributed by atoms with E-state index in [-0.39, 0.29) is 13.2 Å². The third kappa shape index (κ3) is 3.38. The highest BCUT2D eigenvalue weighted by Crippen LogP contribution is 2.36. The SMILES string of the molecule is C#CCOc1ccc(CN[C@@]2(CO)CCOc3ccccc32)cc1. The molecule has 0 unspecified atom stereocenters. The molecule has 3 rings (SSSR count). The van der Waals surface area contributed by atoms with Gasteiger partial charge in [0.2, 0.25) is 0 Å². The van der Waals surface area contributed by atoms with E-state index in [0.717, 1.165) is 29.0 Å². The van der Waals surface area contributed by atoms with Gasteiger partial charge in [-0.15, -0.1) is 6.42 Å². The molecule has 0 saturated carbocycles. The van der Waals surface area contributed by atoms with E-state index in [1.165, 1.54) is 0 Å². The lowest BCUT2D eigenvalue weighted by atomic mass is 9.85. The van der Waals surface area contributed by atoms with Crippen LogP contribution in [-0.4, -0.2) is 24.9 Å². The van der Waals surface area contributed by atoms with E-state index in [9.17, 15) is 5.11 Å². The van der Waals surface area contributed by atoms with Crippen molar-refractivity contribution < 1.29 is 14.6 Å². The Kier molecular flexibility index (Phi) is 5.05. The molecule has 1 heterocycles. The molecule has 2 aromatic rings.